The Bertz CT molecular complexity index is 2200. The number of Topliss-reactive ketones (excluding diaryl/α,β-unsaturated/α-hetero) is 2. The Labute approximate surface area is 410 Å². The monoisotopic (exact) mass is 1010 g/mol. The van der Waals surface area contributed by atoms with Gasteiger partial charge < -0.3 is 23.6 Å². The number of cyclic esters (lactones) is 2. The van der Waals surface area contributed by atoms with E-state index in [1.54, 1.807) is 11.8 Å². The number of halogens is 1. The van der Waals surface area contributed by atoms with Crippen LogP contribution in [0.5, 0.6) is 0 Å². The molecule has 4 aromatic rings. The molecule has 0 unspecified atom stereocenters. The summed E-state index contributed by atoms with van der Waals surface area (Å²) in [4.78, 5) is 52.3. The van der Waals surface area contributed by atoms with E-state index in [0.29, 0.717) is 19.4 Å². The van der Waals surface area contributed by atoms with Crippen LogP contribution >= 0.6 is 15.9 Å². The smallest absolute Gasteiger partial charge is 0.411 e. The number of hydrogen-bond donors (Lipinski definition) is 1. The normalized spacial score (nSPS) is 21.9. The molecule has 67 heavy (non-hydrogen) atoms. The van der Waals surface area contributed by atoms with Gasteiger partial charge in [-0.15, -0.1) is 0 Å². The minimum atomic E-state index is -2.91. The summed E-state index contributed by atoms with van der Waals surface area (Å²) in [6, 6.07) is 40.1. The van der Waals surface area contributed by atoms with Crippen molar-refractivity contribution in [1.29, 1.82) is 0 Å². The summed E-state index contributed by atoms with van der Waals surface area (Å²) in [5, 5.41) is 7.69. The minimum absolute atomic E-state index is 0.0771. The van der Waals surface area contributed by atoms with Crippen LogP contribution in [0.4, 0.5) is 9.59 Å². The number of amides is 2. The van der Waals surface area contributed by atoms with Gasteiger partial charge in [-0.25, -0.2) is 9.59 Å². The molecule has 2 amide bonds. The van der Waals surface area contributed by atoms with Crippen molar-refractivity contribution in [3.63, 3.8) is 0 Å². The van der Waals surface area contributed by atoms with Gasteiger partial charge in [0.05, 0.1) is 12.2 Å². The molecule has 0 aliphatic carbocycles. The topological polar surface area (TPSA) is 120 Å². The van der Waals surface area contributed by atoms with E-state index in [9.17, 15) is 19.2 Å². The number of benzene rings is 4. The number of carbonyl (C=O) groups excluding carboxylic acids is 4. The Balaban J connectivity index is 0.000000254. The van der Waals surface area contributed by atoms with Crippen LogP contribution < -0.4 is 26.1 Å². The van der Waals surface area contributed by atoms with Crippen LogP contribution in [-0.4, -0.2) is 92.7 Å². The molecule has 6 rings (SSSR count). The SMILES string of the molecule is CC[C@@H](O[Si](c1ccccc1)(c1ccccc1)C(C)(C)C)[C@@]1(C)OC(=O)N(CCCCBr)[C@@H]1C(C)=O.CC[C@@H](O[Si](c1ccccc1)(c1ccccc1)C(C)(C)C)[C@@]1(C)OC(=O)N[C@@H]1C(C)=O. The maximum atomic E-state index is 13.1. The highest BCUT2D eigenvalue weighted by atomic mass is 79.9. The molecule has 0 radical (unpaired) electrons. The molecule has 2 aliphatic heterocycles. The van der Waals surface area contributed by atoms with Crippen molar-refractivity contribution in [2.24, 2.45) is 0 Å². The largest absolute Gasteiger partial charge is 0.438 e. The number of ketones is 2. The summed E-state index contributed by atoms with van der Waals surface area (Å²) >= 11 is 3.45. The van der Waals surface area contributed by atoms with Gasteiger partial charge >= 0.3 is 12.2 Å². The number of nitrogens with one attached hydrogen (secondary N) is 1. The van der Waals surface area contributed by atoms with Gasteiger partial charge in [0, 0.05) is 11.9 Å². The lowest BCUT2D eigenvalue weighted by Crippen LogP contribution is -2.70. The molecule has 13 heteroatoms. The first-order valence-electron chi connectivity index (χ1n) is 23.7. The Hall–Kier alpha value is -4.41. The minimum Gasteiger partial charge on any atom is -0.438 e. The second kappa shape index (κ2) is 21.9. The first kappa shape index (κ1) is 53.5. The third-order valence-electron chi connectivity index (χ3n) is 13.6. The molecule has 2 aliphatic rings. The molecule has 0 bridgehead atoms. The summed E-state index contributed by atoms with van der Waals surface area (Å²) < 4.78 is 26.4. The molecule has 2 heterocycles. The Kier molecular flexibility index (Phi) is 17.5. The van der Waals surface area contributed by atoms with E-state index in [2.05, 4.69) is 136 Å². The fourth-order valence-electron chi connectivity index (χ4n) is 10.5. The lowest BCUT2D eigenvalue weighted by Gasteiger charge is -2.48. The van der Waals surface area contributed by atoms with Gasteiger partial charge in [-0.1, -0.05) is 193 Å². The van der Waals surface area contributed by atoms with Gasteiger partial charge in [-0.05, 0) is 84.2 Å². The summed E-state index contributed by atoms with van der Waals surface area (Å²) in [7, 11) is -5.78. The number of hydrogen-bond acceptors (Lipinski definition) is 8. The lowest BCUT2D eigenvalue weighted by molar-refractivity contribution is -0.129. The average molecular weight is 1010 g/mol. The van der Waals surface area contributed by atoms with Crippen molar-refractivity contribution >= 4 is 77.1 Å². The highest BCUT2D eigenvalue weighted by Crippen LogP contribution is 2.44. The quantitative estimate of drug-likeness (QED) is 0.0595. The zero-order valence-electron chi connectivity index (χ0n) is 41.7. The van der Waals surface area contributed by atoms with E-state index >= 15 is 0 Å². The zero-order valence-corrected chi connectivity index (χ0v) is 45.3. The molecule has 2 fully saturated rings. The number of nitrogens with zero attached hydrogens (tertiary/aromatic N) is 1. The first-order chi connectivity index (χ1) is 31.6. The van der Waals surface area contributed by atoms with Gasteiger partial charge in [-0.2, -0.15) is 0 Å². The number of ether oxygens (including phenoxy) is 2. The Morgan fingerprint density at radius 2 is 1.01 bits per heavy atom. The molecule has 0 saturated carbocycles. The van der Waals surface area contributed by atoms with Crippen molar-refractivity contribution < 1.29 is 37.5 Å². The molecule has 4 aromatic carbocycles. The van der Waals surface area contributed by atoms with E-state index in [4.69, 9.17) is 18.3 Å². The fraction of sp³-hybridized carbons (Fsp3) is 0.481. The number of alkyl halides is 1. The van der Waals surface area contributed by atoms with E-state index in [1.807, 2.05) is 76.2 Å². The van der Waals surface area contributed by atoms with Gasteiger partial charge in [0.1, 0.15) is 12.1 Å². The third-order valence-corrected chi connectivity index (χ3v) is 24.3. The fourth-order valence-corrected chi connectivity index (χ4v) is 20.6. The van der Waals surface area contributed by atoms with Crippen LogP contribution in [0.25, 0.3) is 0 Å². The van der Waals surface area contributed by atoms with Crippen molar-refractivity contribution in [3.05, 3.63) is 121 Å². The lowest BCUT2D eigenvalue weighted by atomic mass is 9.86. The molecule has 0 aromatic heterocycles. The summed E-state index contributed by atoms with van der Waals surface area (Å²) in [5.74, 6) is -0.218. The van der Waals surface area contributed by atoms with E-state index in [0.717, 1.165) is 38.9 Å². The van der Waals surface area contributed by atoms with E-state index < -0.39 is 64.3 Å². The number of carbonyl (C=O) groups is 4. The number of rotatable bonds is 18. The van der Waals surface area contributed by atoms with Crippen LogP contribution in [0.15, 0.2) is 121 Å². The Morgan fingerprint density at radius 1 is 0.642 bits per heavy atom. The second-order valence-corrected chi connectivity index (χ2v) is 29.6. The maximum Gasteiger partial charge on any atom is 0.411 e. The van der Waals surface area contributed by atoms with Crippen LogP contribution in [0.3, 0.4) is 0 Å². The Morgan fingerprint density at radius 3 is 1.33 bits per heavy atom. The molecular formula is C54H73BrN2O8Si2. The molecule has 0 spiro atoms. The molecular weight excluding hydrogens is 941 g/mol. The molecule has 362 valence electrons. The van der Waals surface area contributed by atoms with Gasteiger partial charge in [-0.3, -0.25) is 14.5 Å². The first-order valence-corrected chi connectivity index (χ1v) is 28.7. The number of unbranched alkanes of at least 4 members (excludes halogenated alkanes) is 1. The average Bonchev–Trinajstić information content (AvgIpc) is 3.75. The standard InChI is InChI=1S/C29H40BrNO4Si.C25H33NO4Si/c1-7-25(29(6)26(22(2)32)31(27(33)34-29)21-15-14-20-30)35-36(28(3,4)5,23-16-10-8-11-17-23)24-18-12-9-13-19-24;1-7-21(25(6)22(18(2)27)26-23(28)29-25)30-31(24(3,4)5,19-14-10-8-11-15-19)20-16-12-9-13-17-20/h8-13,16-19,25-26H,7,14-15,20-21H2,1-6H3;8-17,21-22H,7H2,1-6H3,(H,26,28)/t25-,26-,29-;21-,22-,25-/m11/s1. The third kappa shape index (κ3) is 10.8. The highest BCUT2D eigenvalue weighted by Gasteiger charge is 2.62. The molecule has 6 atom stereocenters. The van der Waals surface area contributed by atoms with Crippen LogP contribution in [0, 0.1) is 0 Å². The predicted octanol–water partition coefficient (Wildman–Crippen LogP) is 9.48. The van der Waals surface area contributed by atoms with E-state index in [1.165, 1.54) is 6.92 Å². The molecule has 1 N–H and O–H groups in total. The van der Waals surface area contributed by atoms with Gasteiger partial charge in [0.25, 0.3) is 16.6 Å². The second-order valence-electron chi connectivity index (χ2n) is 20.3. The summed E-state index contributed by atoms with van der Waals surface area (Å²) in [6.45, 7) is 24.6. The van der Waals surface area contributed by atoms with Gasteiger partial charge in [0.2, 0.25) is 0 Å². The zero-order chi connectivity index (χ0) is 49.4. The van der Waals surface area contributed by atoms with Crippen LogP contribution in [-0.2, 0) is 27.9 Å². The highest BCUT2D eigenvalue weighted by molar-refractivity contribution is 9.09. The number of alkyl carbamates (subject to hydrolysis) is 1. The van der Waals surface area contributed by atoms with Crippen molar-refractivity contribution in [2.45, 2.75) is 154 Å². The summed E-state index contributed by atoms with van der Waals surface area (Å²) in [5.41, 5.74) is -2.19. The summed E-state index contributed by atoms with van der Waals surface area (Å²) in [6.07, 6.45) is 0.971. The molecule has 10 nitrogen and oxygen atoms in total. The van der Waals surface area contributed by atoms with E-state index in [-0.39, 0.29) is 21.6 Å². The van der Waals surface area contributed by atoms with Gasteiger partial charge in [0.15, 0.2) is 22.8 Å². The van der Waals surface area contributed by atoms with Crippen LogP contribution in [0.2, 0.25) is 10.1 Å². The maximum absolute atomic E-state index is 13.1. The van der Waals surface area contributed by atoms with Crippen molar-refractivity contribution in [3.8, 4) is 0 Å². The van der Waals surface area contributed by atoms with Crippen molar-refractivity contribution in [1.82, 2.24) is 10.2 Å². The predicted molar refractivity (Wildman–Crippen MR) is 277 cm³/mol. The van der Waals surface area contributed by atoms with Crippen LogP contribution in [0.1, 0.15) is 109 Å². The van der Waals surface area contributed by atoms with Crippen molar-refractivity contribution in [2.75, 3.05) is 11.9 Å². The molecule has 2 saturated heterocycles.